The number of pyridine rings is 1. The van der Waals surface area contributed by atoms with Gasteiger partial charge in [0.05, 0.1) is 29.7 Å². The molecule has 1 aromatic carbocycles. The largest absolute Gasteiger partial charge is 0.507 e. The molecule has 1 aromatic heterocycles. The summed E-state index contributed by atoms with van der Waals surface area (Å²) in [5.41, 5.74) is 0.633. The maximum atomic E-state index is 13.8. The SMILES string of the molecule is C[C@@H]1[C@H](NC(=O)c2ccccc2O)C(=O)N[C@@H](Cc2cccnc2)[C@@H](O)[C@@H](C)C(=O)OC(C2CCO2)C(=O)N1C. The summed E-state index contributed by atoms with van der Waals surface area (Å²) in [6.45, 7) is 3.42. The van der Waals surface area contributed by atoms with Gasteiger partial charge in [-0.1, -0.05) is 18.2 Å². The molecule has 0 saturated carbocycles. The summed E-state index contributed by atoms with van der Waals surface area (Å²) >= 11 is 0. The highest BCUT2D eigenvalue weighted by molar-refractivity contribution is 6.00. The number of aromatic hydroxyl groups is 1. The van der Waals surface area contributed by atoms with Gasteiger partial charge in [-0.3, -0.25) is 24.2 Å². The van der Waals surface area contributed by atoms with Crippen LogP contribution in [-0.4, -0.2) is 93.9 Å². The molecule has 4 rings (SSSR count). The number of hydrogen-bond acceptors (Lipinski definition) is 9. The Morgan fingerprint density at radius 1 is 1.18 bits per heavy atom. The van der Waals surface area contributed by atoms with E-state index in [9.17, 15) is 29.4 Å². The lowest BCUT2D eigenvalue weighted by atomic mass is 9.92. The summed E-state index contributed by atoms with van der Waals surface area (Å²) in [6, 6.07) is 6.11. The Labute approximate surface area is 231 Å². The van der Waals surface area contributed by atoms with Gasteiger partial charge in [0.25, 0.3) is 11.8 Å². The number of esters is 1. The maximum absolute atomic E-state index is 13.8. The number of phenolic OH excluding ortho intramolecular Hbond substituents is 1. The minimum absolute atomic E-state index is 0.0576. The van der Waals surface area contributed by atoms with E-state index in [1.54, 1.807) is 43.6 Å². The smallest absolute Gasteiger partial charge is 0.312 e. The van der Waals surface area contributed by atoms with Crippen molar-refractivity contribution in [1.29, 1.82) is 0 Å². The van der Waals surface area contributed by atoms with Crippen molar-refractivity contribution in [3.05, 3.63) is 59.9 Å². The highest BCUT2D eigenvalue weighted by atomic mass is 16.6. The molecule has 0 aliphatic carbocycles. The van der Waals surface area contributed by atoms with Gasteiger partial charge < -0.3 is 35.2 Å². The van der Waals surface area contributed by atoms with Crippen LogP contribution in [0, 0.1) is 5.92 Å². The molecule has 2 aromatic rings. The molecule has 0 radical (unpaired) electrons. The molecular weight excluding hydrogens is 520 g/mol. The van der Waals surface area contributed by atoms with Crippen molar-refractivity contribution in [3.8, 4) is 5.75 Å². The van der Waals surface area contributed by atoms with E-state index in [0.717, 1.165) is 0 Å². The Hall–Kier alpha value is -4.03. The number of aliphatic hydroxyl groups excluding tert-OH is 1. The second-order valence-corrected chi connectivity index (χ2v) is 10.2. The van der Waals surface area contributed by atoms with Gasteiger partial charge in [-0.15, -0.1) is 0 Å². The molecule has 2 aliphatic heterocycles. The number of rotatable bonds is 5. The number of amides is 3. The number of nitrogens with zero attached hydrogens (tertiary/aromatic N) is 2. The minimum atomic E-state index is -1.41. The third-order valence-corrected chi connectivity index (χ3v) is 7.52. The fourth-order valence-electron chi connectivity index (χ4n) is 4.72. The van der Waals surface area contributed by atoms with Crippen LogP contribution in [0.4, 0.5) is 0 Å². The number of likely N-dealkylation sites (N-methyl/N-ethyl adjacent to an activating group) is 1. The van der Waals surface area contributed by atoms with E-state index in [1.165, 1.54) is 31.0 Å². The van der Waals surface area contributed by atoms with E-state index in [-0.39, 0.29) is 17.7 Å². The zero-order valence-electron chi connectivity index (χ0n) is 22.5. The Morgan fingerprint density at radius 2 is 1.90 bits per heavy atom. The van der Waals surface area contributed by atoms with E-state index < -0.39 is 66.0 Å². The standard InChI is InChI=1S/C28H34N4O8/c1-15-23(34)19(13-17-7-6-11-29-14-17)30-26(36)22(31-25(35)18-8-4-5-9-20(18)33)16(2)32(3)27(37)24(40-28(15)38)21-10-12-39-21/h4-9,11,14-16,19,21-24,33-34H,10,12-13H2,1-3H3,(H,30,36)(H,31,35)/t15-,16-,19+,21?,22+,23+,24?/m1/s1. The first-order valence-corrected chi connectivity index (χ1v) is 13.1. The first-order chi connectivity index (χ1) is 19.1. The number of hydrogen-bond donors (Lipinski definition) is 4. The zero-order chi connectivity index (χ0) is 29.0. The van der Waals surface area contributed by atoms with Crippen molar-refractivity contribution >= 4 is 23.7 Å². The van der Waals surface area contributed by atoms with Crippen molar-refractivity contribution < 1.29 is 38.9 Å². The molecule has 40 heavy (non-hydrogen) atoms. The highest BCUT2D eigenvalue weighted by Crippen LogP contribution is 2.24. The number of cyclic esters (lactones) is 1. The lowest BCUT2D eigenvalue weighted by Gasteiger charge is -2.40. The van der Waals surface area contributed by atoms with Crippen LogP contribution in [0.25, 0.3) is 0 Å². The van der Waals surface area contributed by atoms with Gasteiger partial charge in [-0.25, -0.2) is 0 Å². The van der Waals surface area contributed by atoms with Crippen molar-refractivity contribution in [1.82, 2.24) is 20.5 Å². The molecule has 7 atom stereocenters. The molecule has 3 amide bonds. The first kappa shape index (κ1) is 29.0. The molecule has 2 fully saturated rings. The summed E-state index contributed by atoms with van der Waals surface area (Å²) in [4.78, 5) is 58.8. The number of carbonyl (C=O) groups excluding carboxylic acids is 4. The number of para-hydroxylation sites is 1. The van der Waals surface area contributed by atoms with E-state index >= 15 is 0 Å². The molecule has 2 unspecified atom stereocenters. The van der Waals surface area contributed by atoms with Crippen molar-refractivity contribution in [2.75, 3.05) is 13.7 Å². The molecule has 12 heteroatoms. The molecule has 4 N–H and O–H groups in total. The summed E-state index contributed by atoms with van der Waals surface area (Å²) < 4.78 is 11.1. The first-order valence-electron chi connectivity index (χ1n) is 13.1. The number of nitrogens with one attached hydrogen (secondary N) is 2. The maximum Gasteiger partial charge on any atom is 0.312 e. The van der Waals surface area contributed by atoms with E-state index in [1.807, 2.05) is 0 Å². The monoisotopic (exact) mass is 554 g/mol. The van der Waals surface area contributed by atoms with Crippen LogP contribution < -0.4 is 10.6 Å². The second-order valence-electron chi connectivity index (χ2n) is 10.2. The average Bonchev–Trinajstić information content (AvgIpc) is 2.92. The summed E-state index contributed by atoms with van der Waals surface area (Å²) in [5.74, 6) is -4.25. The average molecular weight is 555 g/mol. The summed E-state index contributed by atoms with van der Waals surface area (Å²) in [6.07, 6.45) is 0.397. The minimum Gasteiger partial charge on any atom is -0.507 e. The van der Waals surface area contributed by atoms with Crippen LogP contribution in [-0.2, 0) is 30.3 Å². The Morgan fingerprint density at radius 3 is 2.52 bits per heavy atom. The summed E-state index contributed by atoms with van der Waals surface area (Å²) in [7, 11) is 1.44. The fraction of sp³-hybridized carbons (Fsp3) is 0.464. The van der Waals surface area contributed by atoms with E-state index in [0.29, 0.717) is 18.6 Å². The number of ether oxygens (including phenoxy) is 2. The van der Waals surface area contributed by atoms with Crippen molar-refractivity contribution in [2.24, 2.45) is 5.92 Å². The number of aromatic nitrogens is 1. The lowest BCUT2D eigenvalue weighted by molar-refractivity contribution is -0.188. The van der Waals surface area contributed by atoms with E-state index in [4.69, 9.17) is 9.47 Å². The van der Waals surface area contributed by atoms with Gasteiger partial charge in [-0.05, 0) is 44.0 Å². The number of carbonyl (C=O) groups is 4. The molecular formula is C28H34N4O8. The topological polar surface area (TPSA) is 167 Å². The quantitative estimate of drug-likeness (QED) is 0.377. The Kier molecular flexibility index (Phi) is 9.00. The molecule has 2 saturated heterocycles. The van der Waals surface area contributed by atoms with Crippen molar-refractivity contribution in [3.63, 3.8) is 0 Å². The Bertz CT molecular complexity index is 1240. The molecule has 2 aliphatic rings. The Balaban J connectivity index is 1.71. The van der Waals surface area contributed by atoms with Crippen molar-refractivity contribution in [2.45, 2.75) is 63.1 Å². The third-order valence-electron chi connectivity index (χ3n) is 7.52. The number of aliphatic hydroxyl groups is 1. The van der Waals surface area contributed by atoms with Gasteiger partial charge >= 0.3 is 5.97 Å². The predicted octanol–water partition coefficient (Wildman–Crippen LogP) is 0.171. The zero-order valence-corrected chi connectivity index (χ0v) is 22.5. The van der Waals surface area contributed by atoms with Gasteiger partial charge in [0, 0.05) is 32.5 Å². The number of benzene rings is 1. The van der Waals surface area contributed by atoms with Gasteiger partial charge in [0.15, 0.2) is 0 Å². The normalized spacial score (nSPS) is 29.8. The van der Waals surface area contributed by atoms with Crippen LogP contribution in [0.2, 0.25) is 0 Å². The van der Waals surface area contributed by atoms with E-state index in [2.05, 4.69) is 15.6 Å². The fourth-order valence-corrected chi connectivity index (χ4v) is 4.72. The summed E-state index contributed by atoms with van der Waals surface area (Å²) in [5, 5.41) is 26.8. The van der Waals surface area contributed by atoms with Gasteiger partial charge in [0.1, 0.15) is 17.9 Å². The van der Waals surface area contributed by atoms with Crippen LogP contribution in [0.5, 0.6) is 5.75 Å². The van der Waals surface area contributed by atoms with Crippen LogP contribution in [0.1, 0.15) is 36.2 Å². The molecule has 3 heterocycles. The number of phenols is 1. The van der Waals surface area contributed by atoms with Crippen LogP contribution in [0.3, 0.4) is 0 Å². The lowest BCUT2D eigenvalue weighted by Crippen LogP contribution is -2.63. The molecule has 0 spiro atoms. The molecule has 0 bridgehead atoms. The van der Waals surface area contributed by atoms with Gasteiger partial charge in [0.2, 0.25) is 12.0 Å². The third kappa shape index (κ3) is 6.23. The molecule has 214 valence electrons. The second kappa shape index (κ2) is 12.4. The van der Waals surface area contributed by atoms with Crippen LogP contribution in [0.15, 0.2) is 48.8 Å². The van der Waals surface area contributed by atoms with Crippen LogP contribution >= 0.6 is 0 Å². The van der Waals surface area contributed by atoms with Gasteiger partial charge in [-0.2, -0.15) is 0 Å². The highest BCUT2D eigenvalue weighted by Gasteiger charge is 2.45. The predicted molar refractivity (Wildman–Crippen MR) is 141 cm³/mol. The molecule has 12 nitrogen and oxygen atoms in total.